The van der Waals surface area contributed by atoms with Crippen LogP contribution >= 0.6 is 0 Å². The van der Waals surface area contributed by atoms with Gasteiger partial charge in [-0.25, -0.2) is 19.9 Å². The molecule has 0 saturated carbocycles. The van der Waals surface area contributed by atoms with Crippen LogP contribution in [0.25, 0.3) is 22.6 Å². The molecule has 6 nitrogen and oxygen atoms in total. The number of rotatable bonds is 1. The van der Waals surface area contributed by atoms with E-state index in [0.717, 1.165) is 22.6 Å². The molecule has 0 aliphatic carbocycles. The highest BCUT2D eigenvalue weighted by atomic mass is 15.1. The van der Waals surface area contributed by atoms with E-state index in [0.29, 0.717) is 0 Å². The first-order chi connectivity index (χ1) is 8.93. The van der Waals surface area contributed by atoms with E-state index >= 15 is 0 Å². The van der Waals surface area contributed by atoms with Gasteiger partial charge in [0.25, 0.3) is 0 Å². The molecular weight excluding hydrogens is 228 g/mol. The Morgan fingerprint density at radius 2 is 1.89 bits per heavy atom. The summed E-state index contributed by atoms with van der Waals surface area (Å²) in [5, 5.41) is 0. The van der Waals surface area contributed by atoms with Gasteiger partial charge in [0.15, 0.2) is 5.65 Å². The van der Waals surface area contributed by atoms with Gasteiger partial charge in [-0.2, -0.15) is 0 Å². The molecule has 0 fully saturated rings. The van der Waals surface area contributed by atoms with Gasteiger partial charge >= 0.3 is 0 Å². The number of nitrogens with zero attached hydrogens (tertiary/aromatic N) is 6. The van der Waals surface area contributed by atoms with Crippen molar-refractivity contribution in [2.75, 3.05) is 0 Å². The number of fused-ring (bicyclic) bond motifs is 2. The molecule has 0 amide bonds. The zero-order chi connectivity index (χ0) is 11.9. The monoisotopic (exact) mass is 236 g/mol. The molecule has 0 aliphatic heterocycles. The molecule has 0 N–H and O–H groups in total. The largest absolute Gasteiger partial charge is 0.289 e. The van der Waals surface area contributed by atoms with Gasteiger partial charge < -0.3 is 0 Å². The number of imidazole rings is 2. The molecule has 4 heterocycles. The minimum atomic E-state index is 0.808. The first-order valence-corrected chi connectivity index (χ1v) is 5.47. The van der Waals surface area contributed by atoms with Crippen molar-refractivity contribution in [3.63, 3.8) is 0 Å². The predicted octanol–water partition coefficient (Wildman–Crippen LogP) is 1.44. The standard InChI is InChI=1S/C12H8N6/c1-3-13-6-17-8-16-12(9(1)17)10-2-4-15-11-5-14-7-18(10)11/h1-8H. The fourth-order valence-corrected chi connectivity index (χ4v) is 2.08. The average Bonchev–Trinajstić information content (AvgIpc) is 3.05. The van der Waals surface area contributed by atoms with Crippen LogP contribution in [0.1, 0.15) is 0 Å². The fraction of sp³-hybridized carbons (Fsp3) is 0. The molecule has 0 saturated heterocycles. The van der Waals surface area contributed by atoms with Crippen molar-refractivity contribution in [2.45, 2.75) is 0 Å². The Bertz CT molecular complexity index is 844. The van der Waals surface area contributed by atoms with Crippen LogP contribution in [-0.2, 0) is 0 Å². The first kappa shape index (κ1) is 9.29. The third kappa shape index (κ3) is 1.17. The summed E-state index contributed by atoms with van der Waals surface area (Å²) in [7, 11) is 0. The molecule has 4 aromatic rings. The molecule has 6 heteroatoms. The maximum absolute atomic E-state index is 4.44. The molecule has 86 valence electrons. The number of hydrogen-bond acceptors (Lipinski definition) is 4. The summed E-state index contributed by atoms with van der Waals surface area (Å²) in [6.07, 6.45) is 10.5. The number of aromatic nitrogens is 6. The van der Waals surface area contributed by atoms with E-state index in [1.54, 1.807) is 37.6 Å². The normalized spacial score (nSPS) is 11.3. The second-order valence-corrected chi connectivity index (χ2v) is 3.92. The molecule has 0 aliphatic rings. The molecule has 0 unspecified atom stereocenters. The highest BCUT2D eigenvalue weighted by molar-refractivity contribution is 5.75. The summed E-state index contributed by atoms with van der Waals surface area (Å²) >= 11 is 0. The summed E-state index contributed by atoms with van der Waals surface area (Å²) in [4.78, 5) is 16.9. The Morgan fingerprint density at radius 3 is 2.89 bits per heavy atom. The van der Waals surface area contributed by atoms with Crippen LogP contribution in [0.2, 0.25) is 0 Å². The Hall–Kier alpha value is -2.76. The van der Waals surface area contributed by atoms with E-state index in [-0.39, 0.29) is 0 Å². The first-order valence-electron chi connectivity index (χ1n) is 5.47. The minimum Gasteiger partial charge on any atom is -0.289 e. The van der Waals surface area contributed by atoms with Crippen LogP contribution < -0.4 is 0 Å². The second-order valence-electron chi connectivity index (χ2n) is 3.92. The van der Waals surface area contributed by atoms with E-state index in [1.807, 2.05) is 20.9 Å². The van der Waals surface area contributed by atoms with Crippen molar-refractivity contribution >= 4 is 11.2 Å². The summed E-state index contributed by atoms with van der Waals surface area (Å²) in [6.45, 7) is 0. The van der Waals surface area contributed by atoms with Crippen molar-refractivity contribution in [2.24, 2.45) is 0 Å². The molecule has 0 bridgehead atoms. The average molecular weight is 236 g/mol. The van der Waals surface area contributed by atoms with Crippen LogP contribution in [0.3, 0.4) is 0 Å². The third-order valence-electron chi connectivity index (χ3n) is 2.90. The third-order valence-corrected chi connectivity index (χ3v) is 2.90. The Kier molecular flexibility index (Phi) is 1.74. The zero-order valence-electron chi connectivity index (χ0n) is 9.30. The van der Waals surface area contributed by atoms with Crippen molar-refractivity contribution in [1.29, 1.82) is 0 Å². The lowest BCUT2D eigenvalue weighted by Gasteiger charge is -2.02. The molecule has 0 radical (unpaired) electrons. The lowest BCUT2D eigenvalue weighted by Crippen LogP contribution is -1.93. The highest BCUT2D eigenvalue weighted by Gasteiger charge is 2.10. The number of hydrogen-bond donors (Lipinski definition) is 0. The van der Waals surface area contributed by atoms with Gasteiger partial charge in [-0.3, -0.25) is 8.80 Å². The van der Waals surface area contributed by atoms with Crippen LogP contribution in [-0.4, -0.2) is 28.7 Å². The summed E-state index contributed by atoms with van der Waals surface area (Å²) in [5.41, 5.74) is 3.67. The smallest absolute Gasteiger partial charge is 0.156 e. The van der Waals surface area contributed by atoms with Gasteiger partial charge in [0.05, 0.1) is 17.4 Å². The summed E-state index contributed by atoms with van der Waals surface area (Å²) in [6, 6.07) is 3.86. The van der Waals surface area contributed by atoms with E-state index in [9.17, 15) is 0 Å². The van der Waals surface area contributed by atoms with Gasteiger partial charge in [-0.05, 0) is 12.1 Å². The second kappa shape index (κ2) is 3.36. The maximum Gasteiger partial charge on any atom is 0.156 e. The lowest BCUT2D eigenvalue weighted by molar-refractivity contribution is 1.07. The predicted molar refractivity (Wildman–Crippen MR) is 65.0 cm³/mol. The Balaban J connectivity index is 2.10. The van der Waals surface area contributed by atoms with Gasteiger partial charge in [0.2, 0.25) is 0 Å². The molecular formula is C12H8N6. The van der Waals surface area contributed by atoms with E-state index < -0.39 is 0 Å². The lowest BCUT2D eigenvalue weighted by atomic mass is 10.2. The SMILES string of the molecule is c1cc2c(-c3ccnc4cncn34)ncn2cn1. The zero-order valence-corrected chi connectivity index (χ0v) is 9.30. The minimum absolute atomic E-state index is 0.808. The van der Waals surface area contributed by atoms with Gasteiger partial charge in [0.1, 0.15) is 24.7 Å². The van der Waals surface area contributed by atoms with Crippen LogP contribution in [0.4, 0.5) is 0 Å². The summed E-state index contributed by atoms with van der Waals surface area (Å²) in [5.74, 6) is 0. The molecule has 4 aromatic heterocycles. The molecule has 4 rings (SSSR count). The Labute approximate surface area is 102 Å². The van der Waals surface area contributed by atoms with E-state index in [2.05, 4.69) is 19.9 Å². The molecule has 0 aromatic carbocycles. The van der Waals surface area contributed by atoms with E-state index in [4.69, 9.17) is 0 Å². The van der Waals surface area contributed by atoms with Crippen molar-refractivity contribution < 1.29 is 0 Å². The van der Waals surface area contributed by atoms with Crippen molar-refractivity contribution in [3.05, 3.63) is 49.7 Å². The maximum atomic E-state index is 4.44. The van der Waals surface area contributed by atoms with Crippen molar-refractivity contribution in [3.8, 4) is 11.4 Å². The van der Waals surface area contributed by atoms with Crippen LogP contribution in [0, 0.1) is 0 Å². The summed E-state index contributed by atoms with van der Waals surface area (Å²) < 4.78 is 3.81. The van der Waals surface area contributed by atoms with Crippen LogP contribution in [0.15, 0.2) is 49.7 Å². The van der Waals surface area contributed by atoms with Gasteiger partial charge in [0, 0.05) is 12.4 Å². The van der Waals surface area contributed by atoms with Gasteiger partial charge in [-0.15, -0.1) is 0 Å². The fourth-order valence-electron chi connectivity index (χ4n) is 2.08. The quantitative estimate of drug-likeness (QED) is 0.501. The topological polar surface area (TPSA) is 60.4 Å². The molecule has 0 spiro atoms. The molecule has 0 atom stereocenters. The van der Waals surface area contributed by atoms with Crippen molar-refractivity contribution in [1.82, 2.24) is 28.7 Å². The van der Waals surface area contributed by atoms with E-state index in [1.165, 1.54) is 0 Å². The highest BCUT2D eigenvalue weighted by Crippen LogP contribution is 2.22. The Morgan fingerprint density at radius 1 is 0.889 bits per heavy atom. The molecule has 18 heavy (non-hydrogen) atoms. The van der Waals surface area contributed by atoms with Crippen LogP contribution in [0.5, 0.6) is 0 Å². The van der Waals surface area contributed by atoms with Gasteiger partial charge in [-0.1, -0.05) is 0 Å².